The summed E-state index contributed by atoms with van der Waals surface area (Å²) in [6, 6.07) is 49.9. The third kappa shape index (κ3) is 11.0. The maximum atomic E-state index is 14.9. The molecule has 0 saturated carbocycles. The maximum Gasteiger partial charge on any atom is 0.330 e. The summed E-state index contributed by atoms with van der Waals surface area (Å²) in [4.78, 5) is 30.1. The third-order valence-electron chi connectivity index (χ3n) is 11.6. The molecule has 1 fully saturated rings. The van der Waals surface area contributed by atoms with Crippen LogP contribution in [0.5, 0.6) is 0 Å². The molecule has 0 amide bonds. The predicted octanol–water partition coefficient (Wildman–Crippen LogP) is 5.55. The van der Waals surface area contributed by atoms with Gasteiger partial charge >= 0.3 is 5.69 Å². The number of aromatic nitrogens is 2. The second-order valence-electron chi connectivity index (χ2n) is 17.6. The largest absolute Gasteiger partial charge is 0.373 e. The van der Waals surface area contributed by atoms with Gasteiger partial charge in [-0.25, -0.2) is 4.79 Å². The Balaban J connectivity index is 1.43. The minimum absolute atomic E-state index is 0.165. The molecule has 6 aromatic carbocycles. The Bertz CT molecular complexity index is 3090. The zero-order chi connectivity index (χ0) is 47.3. The zero-order valence-corrected chi connectivity index (χ0v) is 40.1. The monoisotopic (exact) mass is 960 g/mol. The summed E-state index contributed by atoms with van der Waals surface area (Å²) in [5, 5.41) is 0.917. The first kappa shape index (κ1) is 47.7. The highest BCUT2D eigenvalue weighted by Gasteiger charge is 2.70. The van der Waals surface area contributed by atoms with E-state index in [4.69, 9.17) is 22.6 Å². The Morgan fingerprint density at radius 2 is 1.18 bits per heavy atom. The van der Waals surface area contributed by atoms with E-state index in [9.17, 15) is 26.4 Å². The number of H-pyrrole nitrogens is 1. The maximum absolute atomic E-state index is 14.9. The zero-order valence-electron chi connectivity index (χ0n) is 37.3. The van der Waals surface area contributed by atoms with Gasteiger partial charge in [0.2, 0.25) is 0 Å². The van der Waals surface area contributed by atoms with Crippen LogP contribution in [0.4, 0.5) is 0 Å². The van der Waals surface area contributed by atoms with Crippen LogP contribution in [0.2, 0.25) is 0 Å². The van der Waals surface area contributed by atoms with Gasteiger partial charge in [-0.15, -0.1) is 0 Å². The molecule has 1 aliphatic rings. The molecule has 1 aromatic heterocycles. The van der Waals surface area contributed by atoms with Gasteiger partial charge in [-0.1, -0.05) is 174 Å². The van der Waals surface area contributed by atoms with Gasteiger partial charge < -0.3 is 14.2 Å². The van der Waals surface area contributed by atoms with Crippen LogP contribution in [-0.4, -0.2) is 71.8 Å². The summed E-state index contributed by atoms with van der Waals surface area (Å²) in [6.45, 7) is 4.03. The lowest BCUT2D eigenvalue weighted by atomic mass is 9.95. The van der Waals surface area contributed by atoms with E-state index >= 15 is 0 Å². The molecule has 16 heteroatoms. The molecule has 0 bridgehead atoms. The van der Waals surface area contributed by atoms with Crippen LogP contribution in [0.25, 0.3) is 10.8 Å². The van der Waals surface area contributed by atoms with Crippen molar-refractivity contribution in [1.29, 1.82) is 0 Å². The average Bonchev–Trinajstić information content (AvgIpc) is 3.56. The first-order valence-electron chi connectivity index (χ1n) is 21.8. The molecule has 0 aliphatic carbocycles. The van der Waals surface area contributed by atoms with Crippen LogP contribution >= 0.6 is 0 Å². The first-order valence-corrected chi connectivity index (χ1v) is 26.7. The van der Waals surface area contributed by atoms with E-state index in [1.54, 1.807) is 81.4 Å². The van der Waals surface area contributed by atoms with Gasteiger partial charge in [0.1, 0.15) is 29.8 Å². The summed E-state index contributed by atoms with van der Waals surface area (Å²) >= 11 is 0. The van der Waals surface area contributed by atoms with Gasteiger partial charge in [-0.05, 0) is 48.2 Å². The molecule has 67 heavy (non-hydrogen) atoms. The van der Waals surface area contributed by atoms with Crippen LogP contribution in [0.3, 0.4) is 0 Å². The summed E-state index contributed by atoms with van der Waals surface area (Å²) in [5.74, 6) is -1.10. The molecule has 1 N–H and O–H groups in total. The second-order valence-corrected chi connectivity index (χ2v) is 23.8. The van der Waals surface area contributed by atoms with E-state index in [0.29, 0.717) is 27.1 Å². The number of hydrogen-bond donors (Lipinski definition) is 1. The molecular weight excluding hydrogens is 909 g/mol. The number of fused-ring (bicyclic) bond motifs is 1. The molecule has 7 aromatic rings. The van der Waals surface area contributed by atoms with Crippen molar-refractivity contribution in [3.05, 3.63) is 214 Å². The number of nitrogens with one attached hydrogen (secondary N) is 1. The Hall–Kier alpha value is -5.82. The van der Waals surface area contributed by atoms with Gasteiger partial charge in [-0.2, -0.15) is 16.8 Å². The van der Waals surface area contributed by atoms with E-state index in [1.807, 2.05) is 103 Å². The van der Waals surface area contributed by atoms with Crippen molar-refractivity contribution in [3.8, 4) is 0 Å². The van der Waals surface area contributed by atoms with Crippen LogP contribution in [0.1, 0.15) is 37.5 Å². The van der Waals surface area contributed by atoms with E-state index < -0.39 is 93.8 Å². The molecule has 1 aliphatic heterocycles. The standard InChI is InChI=1S/C51H52N2O11S2Si/c1-49(2,3)61-36-50(37-62-65(56,57)34-38-19-8-4-9-20-38)46(60-33-41-25-18-24-40-23-16-17-30-44(40)41)47(63-66(58,59)35-39-21-10-5-11-22-39)51(64-50,53-32-31-45(54)52-48(53)55)67(42-26-12-6-13-27-42)43-28-14-7-15-29-43/h4-32,46-47,67H,33-37H2,1-3H3,(H,52,54,55)/t46-,47+,50-,51-/m0/s1. The van der Waals surface area contributed by atoms with Crippen molar-refractivity contribution < 1.29 is 39.4 Å². The van der Waals surface area contributed by atoms with Crippen LogP contribution < -0.4 is 21.6 Å². The Labute approximate surface area is 391 Å². The van der Waals surface area contributed by atoms with E-state index in [0.717, 1.165) is 16.8 Å². The minimum Gasteiger partial charge on any atom is -0.373 e. The third-order valence-corrected chi connectivity index (χ3v) is 17.6. The van der Waals surface area contributed by atoms with E-state index in [-0.39, 0.29) is 6.61 Å². The highest BCUT2D eigenvalue weighted by Crippen LogP contribution is 2.48. The fourth-order valence-corrected chi connectivity index (χ4v) is 15.0. The van der Waals surface area contributed by atoms with Crippen molar-refractivity contribution in [3.63, 3.8) is 0 Å². The van der Waals surface area contributed by atoms with Crippen molar-refractivity contribution in [2.75, 3.05) is 13.2 Å². The fourth-order valence-electron chi connectivity index (χ4n) is 8.68. The van der Waals surface area contributed by atoms with Gasteiger partial charge in [0.15, 0.2) is 20.2 Å². The average molecular weight is 961 g/mol. The molecule has 0 unspecified atom stereocenters. The van der Waals surface area contributed by atoms with Crippen LogP contribution in [0, 0.1) is 0 Å². The van der Waals surface area contributed by atoms with Gasteiger partial charge in [0, 0.05) is 12.3 Å². The summed E-state index contributed by atoms with van der Waals surface area (Å²) in [7, 11) is -12.5. The SMILES string of the molecule is CC(C)(C)OC[C@@]1(COS(=O)(=O)Cc2ccccc2)O[C@](n2ccc(=O)[nH]c2=O)([SiH](c2ccccc2)c2ccccc2)[C@H](OS(=O)(=O)Cc2ccccc2)[C@@H]1OCc1cccc2ccccc12. The van der Waals surface area contributed by atoms with Crippen molar-refractivity contribution >= 4 is 50.2 Å². The lowest BCUT2D eigenvalue weighted by Crippen LogP contribution is -2.69. The van der Waals surface area contributed by atoms with Crippen LogP contribution in [-0.2, 0) is 66.3 Å². The smallest absolute Gasteiger partial charge is 0.330 e. The lowest BCUT2D eigenvalue weighted by Gasteiger charge is -2.42. The normalized spacial score (nSPS) is 20.1. The summed E-state index contributed by atoms with van der Waals surface area (Å²) in [5.41, 5.74) is -3.04. The molecular formula is C51H52N2O11S2Si. The summed E-state index contributed by atoms with van der Waals surface area (Å²) in [6.07, 6.45) is -2.11. The Morgan fingerprint density at radius 1 is 0.642 bits per heavy atom. The molecule has 4 atom stereocenters. The number of nitrogens with zero attached hydrogens (tertiary/aromatic N) is 1. The number of hydrogen-bond acceptors (Lipinski definition) is 11. The number of benzene rings is 6. The minimum atomic E-state index is -4.67. The number of aromatic amines is 1. The van der Waals surface area contributed by atoms with E-state index in [2.05, 4.69) is 4.98 Å². The van der Waals surface area contributed by atoms with Crippen LogP contribution in [0.15, 0.2) is 186 Å². The topological polar surface area (TPSA) is 169 Å². The summed E-state index contributed by atoms with van der Waals surface area (Å²) < 4.78 is 93.3. The molecule has 348 valence electrons. The Kier molecular flexibility index (Phi) is 14.1. The molecule has 0 radical (unpaired) electrons. The van der Waals surface area contributed by atoms with Gasteiger partial charge in [0.05, 0.1) is 18.8 Å². The molecule has 13 nitrogen and oxygen atoms in total. The second kappa shape index (κ2) is 19.8. The molecule has 0 spiro atoms. The quantitative estimate of drug-likeness (QED) is 0.0846. The van der Waals surface area contributed by atoms with E-state index in [1.165, 1.54) is 10.8 Å². The lowest BCUT2D eigenvalue weighted by molar-refractivity contribution is -0.197. The highest BCUT2D eigenvalue weighted by molar-refractivity contribution is 7.86. The molecule has 2 heterocycles. The van der Waals surface area contributed by atoms with Crippen molar-refractivity contribution in [2.45, 2.75) is 67.6 Å². The number of ether oxygens (including phenoxy) is 3. The predicted molar refractivity (Wildman–Crippen MR) is 260 cm³/mol. The highest BCUT2D eigenvalue weighted by atomic mass is 32.2. The number of rotatable bonds is 18. The Morgan fingerprint density at radius 3 is 1.76 bits per heavy atom. The van der Waals surface area contributed by atoms with Gasteiger partial charge in [-0.3, -0.25) is 22.7 Å². The first-order chi connectivity index (χ1) is 32.1. The fraction of sp³-hybridized carbons (Fsp3) is 0.255. The van der Waals surface area contributed by atoms with Crippen molar-refractivity contribution in [2.24, 2.45) is 0 Å². The molecule has 1 saturated heterocycles. The van der Waals surface area contributed by atoms with Gasteiger partial charge in [0.25, 0.3) is 25.8 Å². The molecule has 8 rings (SSSR count). The van der Waals surface area contributed by atoms with Crippen molar-refractivity contribution in [1.82, 2.24) is 9.55 Å².